The lowest BCUT2D eigenvalue weighted by Gasteiger charge is -2.17. The zero-order valence-electron chi connectivity index (χ0n) is 8.34. The summed E-state index contributed by atoms with van der Waals surface area (Å²) in [6, 6.07) is 1.69. The van der Waals surface area contributed by atoms with E-state index in [4.69, 9.17) is 0 Å². The van der Waals surface area contributed by atoms with E-state index >= 15 is 0 Å². The molecule has 2 nitrogen and oxygen atoms in total. The highest BCUT2D eigenvalue weighted by Crippen LogP contribution is 2.25. The number of nitrogens with zero attached hydrogens (tertiary/aromatic N) is 1. The Morgan fingerprint density at radius 3 is 2.62 bits per heavy atom. The van der Waals surface area contributed by atoms with E-state index in [1.165, 1.54) is 18.4 Å². The third kappa shape index (κ3) is 3.79. The average molecular weight is 316 g/mol. The highest BCUT2D eigenvalue weighted by Gasteiger charge is 2.28. The van der Waals surface area contributed by atoms with Gasteiger partial charge < -0.3 is 4.90 Å². The Morgan fingerprint density at radius 2 is 2.19 bits per heavy atom. The summed E-state index contributed by atoms with van der Waals surface area (Å²) in [5, 5.41) is 1.70. The molecule has 0 bridgehead atoms. The van der Waals surface area contributed by atoms with Gasteiger partial charge in [-0.15, -0.1) is 11.3 Å². The average Bonchev–Trinajstić information content (AvgIpc) is 2.58. The summed E-state index contributed by atoms with van der Waals surface area (Å²) in [4.78, 5) is 13.2. The summed E-state index contributed by atoms with van der Waals surface area (Å²) < 4.78 is 36.5. The molecule has 1 aromatic heterocycles. The van der Waals surface area contributed by atoms with Crippen molar-refractivity contribution in [3.63, 3.8) is 0 Å². The van der Waals surface area contributed by atoms with Crippen molar-refractivity contribution in [3.05, 3.63) is 20.8 Å². The van der Waals surface area contributed by atoms with Crippen molar-refractivity contribution in [2.45, 2.75) is 12.6 Å². The number of hydrogen-bond donors (Lipinski definition) is 0. The lowest BCUT2D eigenvalue weighted by Crippen LogP contribution is -2.30. The first kappa shape index (κ1) is 13.5. The molecule has 0 aliphatic heterocycles. The molecule has 0 atom stereocenters. The molecule has 16 heavy (non-hydrogen) atoms. The first-order chi connectivity index (χ1) is 7.31. The maximum absolute atomic E-state index is 12.0. The van der Waals surface area contributed by atoms with Gasteiger partial charge in [0.15, 0.2) is 0 Å². The molecular formula is C9H9BrF3NOS. The smallest absolute Gasteiger partial charge is 0.341 e. The minimum Gasteiger partial charge on any atom is -0.341 e. The zero-order chi connectivity index (χ0) is 12.3. The molecule has 1 heterocycles. The van der Waals surface area contributed by atoms with E-state index in [0.29, 0.717) is 9.35 Å². The quantitative estimate of drug-likeness (QED) is 0.835. The third-order valence-electron chi connectivity index (χ3n) is 1.89. The van der Waals surface area contributed by atoms with Crippen LogP contribution in [0.3, 0.4) is 0 Å². The van der Waals surface area contributed by atoms with Gasteiger partial charge in [0.1, 0.15) is 4.88 Å². The van der Waals surface area contributed by atoms with Crippen LogP contribution in [0.1, 0.15) is 16.1 Å². The molecule has 0 saturated heterocycles. The highest BCUT2D eigenvalue weighted by molar-refractivity contribution is 9.10. The number of carbonyl (C=O) groups excluding carboxylic acids is 1. The van der Waals surface area contributed by atoms with Crippen LogP contribution in [-0.2, 0) is 0 Å². The summed E-state index contributed by atoms with van der Waals surface area (Å²) in [5.41, 5.74) is 0. The summed E-state index contributed by atoms with van der Waals surface area (Å²) in [6.45, 7) is -0.327. The lowest BCUT2D eigenvalue weighted by atomic mass is 10.3. The van der Waals surface area contributed by atoms with Crippen molar-refractivity contribution in [1.82, 2.24) is 4.90 Å². The molecule has 90 valence electrons. The number of carbonyl (C=O) groups is 1. The van der Waals surface area contributed by atoms with Crippen molar-refractivity contribution in [3.8, 4) is 0 Å². The van der Waals surface area contributed by atoms with Gasteiger partial charge >= 0.3 is 6.18 Å². The van der Waals surface area contributed by atoms with Crippen LogP contribution in [0.5, 0.6) is 0 Å². The van der Waals surface area contributed by atoms with Crippen molar-refractivity contribution < 1.29 is 18.0 Å². The molecule has 1 aromatic rings. The van der Waals surface area contributed by atoms with Crippen LogP contribution in [0.4, 0.5) is 13.2 Å². The topological polar surface area (TPSA) is 20.3 Å². The van der Waals surface area contributed by atoms with Crippen molar-refractivity contribution >= 4 is 33.2 Å². The fraction of sp³-hybridized carbons (Fsp3) is 0.444. The number of hydrogen-bond acceptors (Lipinski definition) is 2. The molecule has 0 aliphatic rings. The second kappa shape index (κ2) is 5.18. The van der Waals surface area contributed by atoms with Crippen LogP contribution in [0, 0.1) is 0 Å². The number of amides is 1. The van der Waals surface area contributed by atoms with E-state index in [9.17, 15) is 18.0 Å². The molecule has 0 unspecified atom stereocenters. The Kier molecular flexibility index (Phi) is 4.37. The Hall–Kier alpha value is -0.560. The first-order valence-corrected chi connectivity index (χ1v) is 6.04. The predicted molar refractivity (Wildman–Crippen MR) is 59.7 cm³/mol. The minimum absolute atomic E-state index is 0.327. The summed E-state index contributed by atoms with van der Waals surface area (Å²) in [7, 11) is 1.36. The minimum atomic E-state index is -4.23. The molecule has 0 aliphatic carbocycles. The van der Waals surface area contributed by atoms with Gasteiger partial charge in [-0.1, -0.05) is 0 Å². The van der Waals surface area contributed by atoms with Gasteiger partial charge in [0.2, 0.25) is 0 Å². The highest BCUT2D eigenvalue weighted by atomic mass is 79.9. The van der Waals surface area contributed by atoms with E-state index in [0.717, 1.165) is 4.90 Å². The number of alkyl halides is 3. The van der Waals surface area contributed by atoms with Crippen LogP contribution in [0.25, 0.3) is 0 Å². The van der Waals surface area contributed by atoms with Crippen molar-refractivity contribution in [2.24, 2.45) is 0 Å². The van der Waals surface area contributed by atoms with Gasteiger partial charge in [-0.2, -0.15) is 13.2 Å². The second-order valence-electron chi connectivity index (χ2n) is 3.19. The van der Waals surface area contributed by atoms with Crippen LogP contribution in [-0.4, -0.2) is 30.6 Å². The molecule has 0 radical (unpaired) electrons. The molecule has 0 spiro atoms. The normalized spacial score (nSPS) is 11.6. The molecule has 1 amide bonds. The summed E-state index contributed by atoms with van der Waals surface area (Å²) >= 11 is 4.37. The molecule has 0 aromatic carbocycles. The summed E-state index contributed by atoms with van der Waals surface area (Å²) in [5.74, 6) is -0.397. The van der Waals surface area contributed by atoms with Crippen LogP contribution >= 0.6 is 27.3 Å². The van der Waals surface area contributed by atoms with Crippen LogP contribution in [0.2, 0.25) is 0 Å². The zero-order valence-corrected chi connectivity index (χ0v) is 10.7. The molecule has 0 fully saturated rings. The molecule has 1 rings (SSSR count). The molecule has 7 heteroatoms. The van der Waals surface area contributed by atoms with Crippen LogP contribution < -0.4 is 0 Å². The molecule has 0 saturated carbocycles. The lowest BCUT2D eigenvalue weighted by molar-refractivity contribution is -0.136. The van der Waals surface area contributed by atoms with E-state index < -0.39 is 18.5 Å². The molecule has 0 N–H and O–H groups in total. The Morgan fingerprint density at radius 1 is 1.56 bits per heavy atom. The standard InChI is InChI=1S/C9H9BrF3NOS/c1-14(4-3-9(11,12)13)8(15)7-6(10)2-5-16-7/h2,5H,3-4H2,1H3. The first-order valence-electron chi connectivity index (χ1n) is 4.36. The Bertz CT molecular complexity index is 377. The van der Waals surface area contributed by atoms with Gasteiger partial charge in [0, 0.05) is 18.1 Å². The van der Waals surface area contributed by atoms with Gasteiger partial charge in [0.05, 0.1) is 6.42 Å². The van der Waals surface area contributed by atoms with E-state index in [1.807, 2.05) is 0 Å². The predicted octanol–water partition coefficient (Wildman–Crippen LogP) is 3.54. The summed E-state index contributed by atoms with van der Waals surface area (Å²) in [6.07, 6.45) is -5.22. The van der Waals surface area contributed by atoms with Gasteiger partial charge in [0.25, 0.3) is 5.91 Å². The maximum atomic E-state index is 12.0. The van der Waals surface area contributed by atoms with Crippen molar-refractivity contribution in [1.29, 1.82) is 0 Å². The fourth-order valence-electron chi connectivity index (χ4n) is 1.02. The van der Waals surface area contributed by atoms with E-state index in [-0.39, 0.29) is 6.54 Å². The van der Waals surface area contributed by atoms with Gasteiger partial charge in [-0.25, -0.2) is 0 Å². The SMILES string of the molecule is CN(CCC(F)(F)F)C(=O)c1sccc1Br. The monoisotopic (exact) mass is 315 g/mol. The molecular weight excluding hydrogens is 307 g/mol. The fourth-order valence-corrected chi connectivity index (χ4v) is 2.55. The van der Waals surface area contributed by atoms with Crippen molar-refractivity contribution in [2.75, 3.05) is 13.6 Å². The van der Waals surface area contributed by atoms with E-state index in [1.54, 1.807) is 11.4 Å². The largest absolute Gasteiger partial charge is 0.390 e. The van der Waals surface area contributed by atoms with E-state index in [2.05, 4.69) is 15.9 Å². The number of rotatable bonds is 3. The van der Waals surface area contributed by atoms with Crippen LogP contribution in [0.15, 0.2) is 15.9 Å². The number of halogens is 4. The Balaban J connectivity index is 2.59. The second-order valence-corrected chi connectivity index (χ2v) is 4.96. The maximum Gasteiger partial charge on any atom is 0.390 e. The number of thiophene rings is 1. The Labute approximate surface area is 103 Å². The third-order valence-corrected chi connectivity index (χ3v) is 3.71. The van der Waals surface area contributed by atoms with Gasteiger partial charge in [-0.3, -0.25) is 4.79 Å². The van der Waals surface area contributed by atoms with Gasteiger partial charge in [-0.05, 0) is 27.4 Å².